The van der Waals surface area contributed by atoms with Crippen molar-refractivity contribution in [2.45, 2.75) is 164 Å². The standard InChI is InChI=1S/C51H80O3Si2/c1-40(2)23-21-25-43(39-54-56(50(8,9)10,45-27-17-15-18-28-45)46-29-19-16-20-30-46)26-22-24-41(3)31-33-44-34-36-48(52)47(51(44,11)12)35-32-42(4)37-38-53-55(13,14)49(5,6)7/h15-20,23,26-31,37,44,47H,21-22,24-25,32-36,38-39H2,1-14H3/b41-31+,42-37+,43-26-/t44-,47+/m1/s1. The van der Waals surface area contributed by atoms with Gasteiger partial charge >= 0.3 is 0 Å². The Morgan fingerprint density at radius 1 is 0.732 bits per heavy atom. The van der Waals surface area contributed by atoms with Crippen molar-refractivity contribution in [1.82, 2.24) is 0 Å². The number of hydrogen-bond donors (Lipinski definition) is 0. The van der Waals surface area contributed by atoms with E-state index in [-0.39, 0.29) is 21.4 Å². The fourth-order valence-corrected chi connectivity index (χ4v) is 13.8. The average molecular weight is 797 g/mol. The molecule has 2 aromatic rings. The minimum absolute atomic E-state index is 0.0136. The summed E-state index contributed by atoms with van der Waals surface area (Å²) in [6.07, 6.45) is 18.3. The molecule has 310 valence electrons. The lowest BCUT2D eigenvalue weighted by Crippen LogP contribution is -2.66. The molecule has 0 bridgehead atoms. The van der Waals surface area contributed by atoms with E-state index in [1.165, 1.54) is 32.7 Å². The molecule has 0 aliphatic heterocycles. The Kier molecular flexibility index (Phi) is 17.8. The van der Waals surface area contributed by atoms with Gasteiger partial charge in [-0.1, -0.05) is 157 Å². The predicted octanol–water partition coefficient (Wildman–Crippen LogP) is 13.7. The highest BCUT2D eigenvalue weighted by molar-refractivity contribution is 6.99. The summed E-state index contributed by atoms with van der Waals surface area (Å²) in [7, 11) is -4.39. The highest BCUT2D eigenvalue weighted by atomic mass is 28.4. The summed E-state index contributed by atoms with van der Waals surface area (Å²) in [5, 5.41) is 2.82. The van der Waals surface area contributed by atoms with E-state index in [2.05, 4.69) is 181 Å². The monoisotopic (exact) mass is 797 g/mol. The fourth-order valence-electron chi connectivity index (χ4n) is 8.29. The van der Waals surface area contributed by atoms with E-state index in [0.29, 0.717) is 31.3 Å². The molecular weight excluding hydrogens is 717 g/mol. The number of Topliss-reactive ketones (excluding diaryl/α,β-unsaturated/α-hetero) is 1. The number of ketones is 1. The van der Waals surface area contributed by atoms with Gasteiger partial charge < -0.3 is 8.85 Å². The number of carbonyl (C=O) groups is 1. The van der Waals surface area contributed by atoms with Crippen molar-refractivity contribution in [2.24, 2.45) is 17.3 Å². The van der Waals surface area contributed by atoms with Crippen molar-refractivity contribution in [2.75, 3.05) is 13.2 Å². The summed E-state index contributed by atoms with van der Waals surface area (Å²) in [5.74, 6) is 1.09. The van der Waals surface area contributed by atoms with E-state index in [0.717, 1.165) is 51.4 Å². The van der Waals surface area contributed by atoms with E-state index >= 15 is 0 Å². The van der Waals surface area contributed by atoms with E-state index in [1.807, 2.05) is 0 Å². The highest BCUT2D eigenvalue weighted by Crippen LogP contribution is 2.47. The minimum Gasteiger partial charge on any atom is -0.413 e. The highest BCUT2D eigenvalue weighted by Gasteiger charge is 2.50. The van der Waals surface area contributed by atoms with Gasteiger partial charge in [-0.3, -0.25) is 4.79 Å². The van der Waals surface area contributed by atoms with Gasteiger partial charge in [0.15, 0.2) is 8.32 Å². The smallest absolute Gasteiger partial charge is 0.261 e. The molecule has 2 atom stereocenters. The number of rotatable bonds is 19. The Bertz CT molecular complexity index is 1600. The molecule has 56 heavy (non-hydrogen) atoms. The molecule has 1 aliphatic rings. The Balaban J connectivity index is 1.70. The summed E-state index contributed by atoms with van der Waals surface area (Å²) in [5.41, 5.74) is 5.54. The van der Waals surface area contributed by atoms with E-state index in [1.54, 1.807) is 0 Å². The summed E-state index contributed by atoms with van der Waals surface area (Å²) in [6.45, 7) is 33.5. The lowest BCUT2D eigenvalue weighted by Gasteiger charge is -2.44. The van der Waals surface area contributed by atoms with Crippen LogP contribution in [0.3, 0.4) is 0 Å². The molecule has 1 saturated carbocycles. The fraction of sp³-hybridized carbons (Fsp3) is 0.588. The van der Waals surface area contributed by atoms with Crippen LogP contribution in [0.15, 0.2) is 107 Å². The Hall–Kier alpha value is -2.58. The maximum Gasteiger partial charge on any atom is 0.261 e. The second kappa shape index (κ2) is 20.9. The zero-order valence-electron chi connectivity index (χ0n) is 38.2. The van der Waals surface area contributed by atoms with Gasteiger partial charge in [0.05, 0.1) is 13.2 Å². The molecule has 0 amide bonds. The Morgan fingerprint density at radius 2 is 1.29 bits per heavy atom. The van der Waals surface area contributed by atoms with Crippen LogP contribution in [0, 0.1) is 17.3 Å². The first-order chi connectivity index (χ1) is 26.1. The molecule has 1 aliphatic carbocycles. The van der Waals surface area contributed by atoms with Crippen molar-refractivity contribution in [3.05, 3.63) is 107 Å². The molecule has 0 saturated heterocycles. The Labute approximate surface area is 346 Å². The van der Waals surface area contributed by atoms with Crippen molar-refractivity contribution < 1.29 is 13.6 Å². The summed E-state index contributed by atoms with van der Waals surface area (Å²) >= 11 is 0. The molecule has 0 N–H and O–H groups in total. The van der Waals surface area contributed by atoms with Gasteiger partial charge in [-0.05, 0) is 130 Å². The summed E-state index contributed by atoms with van der Waals surface area (Å²) in [4.78, 5) is 13.3. The van der Waals surface area contributed by atoms with Crippen LogP contribution in [0.5, 0.6) is 0 Å². The Morgan fingerprint density at radius 3 is 1.82 bits per heavy atom. The molecule has 0 unspecified atom stereocenters. The van der Waals surface area contributed by atoms with Crippen molar-refractivity contribution in [3.63, 3.8) is 0 Å². The number of carbonyl (C=O) groups excluding carboxylic acids is 1. The van der Waals surface area contributed by atoms with Crippen LogP contribution >= 0.6 is 0 Å². The second-order valence-electron chi connectivity index (χ2n) is 20.2. The van der Waals surface area contributed by atoms with E-state index in [4.69, 9.17) is 8.85 Å². The van der Waals surface area contributed by atoms with Crippen LogP contribution in [0.4, 0.5) is 0 Å². The normalized spacial score (nSPS) is 19.0. The van der Waals surface area contributed by atoms with Gasteiger partial charge in [0.25, 0.3) is 8.32 Å². The first-order valence-corrected chi connectivity index (χ1v) is 26.5. The summed E-state index contributed by atoms with van der Waals surface area (Å²) in [6, 6.07) is 22.0. The molecule has 1 fully saturated rings. The third kappa shape index (κ3) is 13.2. The minimum atomic E-state index is -2.62. The number of benzene rings is 2. The van der Waals surface area contributed by atoms with Crippen molar-refractivity contribution >= 4 is 32.8 Å². The van der Waals surface area contributed by atoms with Crippen LogP contribution in [0.2, 0.25) is 23.2 Å². The third-order valence-electron chi connectivity index (χ3n) is 13.2. The molecule has 0 heterocycles. The first-order valence-electron chi connectivity index (χ1n) is 21.7. The SMILES string of the molecule is CC(C)=CCC/C(=C/CC/C(C)=C/C[C@@H]1CCC(=O)[C@H](CC/C(C)=C/CO[Si](C)(C)C(C)(C)C)C1(C)C)CO[Si](c1ccccc1)(c1ccccc1)C(C)(C)C. The number of hydrogen-bond acceptors (Lipinski definition) is 3. The van der Waals surface area contributed by atoms with Gasteiger partial charge in [-0.2, -0.15) is 0 Å². The van der Waals surface area contributed by atoms with Crippen LogP contribution < -0.4 is 10.4 Å². The third-order valence-corrected chi connectivity index (χ3v) is 22.7. The van der Waals surface area contributed by atoms with E-state index in [9.17, 15) is 4.79 Å². The average Bonchev–Trinajstić information content (AvgIpc) is 3.10. The molecule has 0 aromatic heterocycles. The van der Waals surface area contributed by atoms with Gasteiger partial charge in [0, 0.05) is 12.3 Å². The maximum absolute atomic E-state index is 13.3. The van der Waals surface area contributed by atoms with Gasteiger partial charge in [-0.25, -0.2) is 0 Å². The predicted molar refractivity (Wildman–Crippen MR) is 249 cm³/mol. The first kappa shape index (κ1) is 47.8. The van der Waals surface area contributed by atoms with Gasteiger partial charge in [-0.15, -0.1) is 0 Å². The topological polar surface area (TPSA) is 35.5 Å². The maximum atomic E-state index is 13.3. The molecular formula is C51H80O3Si2. The molecule has 3 nitrogen and oxygen atoms in total. The zero-order chi connectivity index (χ0) is 41.8. The van der Waals surface area contributed by atoms with Gasteiger partial charge in [0.2, 0.25) is 0 Å². The lowest BCUT2D eigenvalue weighted by molar-refractivity contribution is -0.132. The van der Waals surface area contributed by atoms with E-state index < -0.39 is 16.6 Å². The van der Waals surface area contributed by atoms with Crippen LogP contribution in [0.1, 0.15) is 141 Å². The molecule has 2 aromatic carbocycles. The lowest BCUT2D eigenvalue weighted by atomic mass is 9.59. The van der Waals surface area contributed by atoms with Crippen molar-refractivity contribution in [1.29, 1.82) is 0 Å². The zero-order valence-corrected chi connectivity index (χ0v) is 40.2. The molecule has 5 heteroatoms. The molecule has 3 rings (SSSR count). The quantitative estimate of drug-likeness (QED) is 0.105. The van der Waals surface area contributed by atoms with Crippen molar-refractivity contribution in [3.8, 4) is 0 Å². The van der Waals surface area contributed by atoms with Crippen LogP contribution in [-0.4, -0.2) is 35.6 Å². The van der Waals surface area contributed by atoms with Crippen LogP contribution in [-0.2, 0) is 13.6 Å². The largest absolute Gasteiger partial charge is 0.413 e. The number of allylic oxidation sites excluding steroid dienone is 6. The second-order valence-corrected chi connectivity index (χ2v) is 29.3. The molecule has 0 spiro atoms. The van der Waals surface area contributed by atoms with Crippen LogP contribution in [0.25, 0.3) is 0 Å². The summed E-state index contributed by atoms with van der Waals surface area (Å²) < 4.78 is 13.8. The molecule has 0 radical (unpaired) electrons. The van der Waals surface area contributed by atoms with Gasteiger partial charge in [0.1, 0.15) is 5.78 Å².